The molecule has 2 unspecified atom stereocenters. The number of carbonyl (C=O) groups is 1. The van der Waals surface area contributed by atoms with E-state index in [1.165, 1.54) is 6.08 Å². The molecule has 0 aliphatic heterocycles. The highest BCUT2D eigenvalue weighted by Gasteiger charge is 2.13. The number of aliphatic hydroxyl groups excluding tert-OH is 1. The Kier molecular flexibility index (Phi) is 6.51. The van der Waals surface area contributed by atoms with E-state index in [1.807, 2.05) is 6.92 Å². The van der Waals surface area contributed by atoms with Gasteiger partial charge in [0.05, 0.1) is 6.10 Å². The first kappa shape index (κ1) is 12.4. The summed E-state index contributed by atoms with van der Waals surface area (Å²) >= 11 is 0. The first-order valence-electron chi connectivity index (χ1n) is 4.86. The molecule has 0 aliphatic rings. The first-order valence-corrected chi connectivity index (χ1v) is 4.86. The predicted octanol–water partition coefficient (Wildman–Crippen LogP) is 2.17. The van der Waals surface area contributed by atoms with Gasteiger partial charge in [0.2, 0.25) is 0 Å². The van der Waals surface area contributed by atoms with Gasteiger partial charge >= 0.3 is 0 Å². The molecule has 76 valence electrons. The Labute approximate surface area is 80.7 Å². The molecule has 0 amide bonds. The number of aliphatic hydroxyl groups is 1. The van der Waals surface area contributed by atoms with Crippen LogP contribution in [0.3, 0.4) is 0 Å². The second kappa shape index (κ2) is 6.84. The molecule has 0 aliphatic carbocycles. The molecule has 0 radical (unpaired) electrons. The molecule has 2 atom stereocenters. The third-order valence-electron chi connectivity index (χ3n) is 2.09. The van der Waals surface area contributed by atoms with Crippen LogP contribution in [0.15, 0.2) is 12.2 Å². The summed E-state index contributed by atoms with van der Waals surface area (Å²) in [6.45, 7) is 6.33. The van der Waals surface area contributed by atoms with Crippen LogP contribution in [0.25, 0.3) is 0 Å². The van der Waals surface area contributed by atoms with E-state index in [0.29, 0.717) is 18.3 Å². The van der Waals surface area contributed by atoms with E-state index in [4.69, 9.17) is 0 Å². The topological polar surface area (TPSA) is 37.3 Å². The van der Waals surface area contributed by atoms with Crippen molar-refractivity contribution < 1.29 is 9.90 Å². The molecular formula is C11H20O2. The van der Waals surface area contributed by atoms with Crippen LogP contribution < -0.4 is 0 Å². The Bertz CT molecular complexity index is 161. The van der Waals surface area contributed by atoms with Crippen molar-refractivity contribution in [1.82, 2.24) is 0 Å². The molecule has 0 aromatic rings. The van der Waals surface area contributed by atoms with E-state index in [-0.39, 0.29) is 6.10 Å². The maximum atomic E-state index is 9.97. The fourth-order valence-corrected chi connectivity index (χ4v) is 1.41. The van der Waals surface area contributed by atoms with Crippen LogP contribution in [-0.4, -0.2) is 17.5 Å². The summed E-state index contributed by atoms with van der Waals surface area (Å²) in [4.78, 5) is 9.97. The van der Waals surface area contributed by atoms with Crippen molar-refractivity contribution in [3.8, 4) is 0 Å². The summed E-state index contributed by atoms with van der Waals surface area (Å²) in [7, 11) is 0. The van der Waals surface area contributed by atoms with Crippen LogP contribution >= 0.6 is 0 Å². The molecule has 2 heteroatoms. The van der Waals surface area contributed by atoms with E-state index in [9.17, 15) is 9.90 Å². The van der Waals surface area contributed by atoms with Crippen LogP contribution in [0.1, 0.15) is 33.6 Å². The summed E-state index contributed by atoms with van der Waals surface area (Å²) in [6, 6.07) is 0. The van der Waals surface area contributed by atoms with Crippen molar-refractivity contribution in [3.05, 3.63) is 12.2 Å². The highest BCUT2D eigenvalue weighted by atomic mass is 16.3. The fraction of sp³-hybridized carbons (Fsp3) is 0.727. The van der Waals surface area contributed by atoms with Crippen molar-refractivity contribution >= 4 is 6.29 Å². The van der Waals surface area contributed by atoms with Crippen molar-refractivity contribution in [2.45, 2.75) is 39.7 Å². The Morgan fingerprint density at radius 1 is 1.31 bits per heavy atom. The van der Waals surface area contributed by atoms with Gasteiger partial charge in [-0.05, 0) is 30.8 Å². The zero-order chi connectivity index (χ0) is 10.3. The minimum absolute atomic E-state index is 0.302. The lowest BCUT2D eigenvalue weighted by Gasteiger charge is -2.18. The van der Waals surface area contributed by atoms with Gasteiger partial charge in [0.15, 0.2) is 0 Å². The smallest absolute Gasteiger partial charge is 0.142 e. The average molecular weight is 184 g/mol. The van der Waals surface area contributed by atoms with E-state index in [1.54, 1.807) is 6.08 Å². The Morgan fingerprint density at radius 3 is 2.38 bits per heavy atom. The lowest BCUT2D eigenvalue weighted by atomic mass is 9.92. The van der Waals surface area contributed by atoms with Gasteiger partial charge < -0.3 is 5.11 Å². The lowest BCUT2D eigenvalue weighted by molar-refractivity contribution is -0.104. The number of hydrogen-bond acceptors (Lipinski definition) is 2. The highest BCUT2D eigenvalue weighted by Crippen LogP contribution is 2.17. The Balaban J connectivity index is 3.74. The molecule has 0 rings (SSSR count). The summed E-state index contributed by atoms with van der Waals surface area (Å²) in [6.07, 6.45) is 5.17. The lowest BCUT2D eigenvalue weighted by Crippen LogP contribution is -2.18. The molecule has 0 spiro atoms. The van der Waals surface area contributed by atoms with Gasteiger partial charge in [0.1, 0.15) is 6.29 Å². The highest BCUT2D eigenvalue weighted by molar-refractivity contribution is 5.64. The zero-order valence-corrected chi connectivity index (χ0v) is 8.73. The molecule has 0 heterocycles. The van der Waals surface area contributed by atoms with Crippen molar-refractivity contribution in [1.29, 1.82) is 0 Å². The van der Waals surface area contributed by atoms with Gasteiger partial charge in [-0.15, -0.1) is 0 Å². The van der Waals surface area contributed by atoms with E-state index in [0.717, 1.165) is 12.7 Å². The Morgan fingerprint density at radius 2 is 1.92 bits per heavy atom. The molecule has 0 saturated heterocycles. The third-order valence-corrected chi connectivity index (χ3v) is 2.09. The second-order valence-corrected chi connectivity index (χ2v) is 3.97. The fourth-order valence-electron chi connectivity index (χ4n) is 1.41. The molecule has 1 N–H and O–H groups in total. The number of carbonyl (C=O) groups excluding carboxylic acids is 1. The third kappa shape index (κ3) is 6.52. The Hall–Kier alpha value is -0.630. The minimum Gasteiger partial charge on any atom is -0.393 e. The monoisotopic (exact) mass is 184 g/mol. The molecular weight excluding hydrogens is 164 g/mol. The van der Waals surface area contributed by atoms with Gasteiger partial charge in [-0.25, -0.2) is 0 Å². The number of allylic oxidation sites excluding steroid dienone is 1. The molecule has 13 heavy (non-hydrogen) atoms. The molecule has 0 fully saturated rings. The maximum Gasteiger partial charge on any atom is 0.142 e. The van der Waals surface area contributed by atoms with Gasteiger partial charge in [0, 0.05) is 0 Å². The summed E-state index contributed by atoms with van der Waals surface area (Å²) in [5.74, 6) is 0.913. The largest absolute Gasteiger partial charge is 0.393 e. The molecule has 2 nitrogen and oxygen atoms in total. The van der Waals surface area contributed by atoms with Crippen molar-refractivity contribution in [3.63, 3.8) is 0 Å². The SMILES string of the molecule is CC(C)CC(C)C(O)C/C=C/C=O. The summed E-state index contributed by atoms with van der Waals surface area (Å²) in [5.41, 5.74) is 0. The van der Waals surface area contributed by atoms with E-state index >= 15 is 0 Å². The molecule has 0 bridgehead atoms. The number of aldehydes is 1. The maximum absolute atomic E-state index is 9.97. The zero-order valence-electron chi connectivity index (χ0n) is 8.73. The van der Waals surface area contributed by atoms with Crippen LogP contribution in [0.2, 0.25) is 0 Å². The average Bonchev–Trinajstić information content (AvgIpc) is 2.03. The van der Waals surface area contributed by atoms with E-state index < -0.39 is 0 Å². The van der Waals surface area contributed by atoms with Gasteiger partial charge in [0.25, 0.3) is 0 Å². The molecule has 0 aromatic carbocycles. The van der Waals surface area contributed by atoms with Crippen molar-refractivity contribution in [2.24, 2.45) is 11.8 Å². The molecule has 0 saturated carbocycles. The summed E-state index contributed by atoms with van der Waals surface area (Å²) < 4.78 is 0. The van der Waals surface area contributed by atoms with E-state index in [2.05, 4.69) is 13.8 Å². The van der Waals surface area contributed by atoms with Gasteiger partial charge in [-0.1, -0.05) is 26.8 Å². The van der Waals surface area contributed by atoms with Gasteiger partial charge in [-0.3, -0.25) is 4.79 Å². The normalized spacial score (nSPS) is 16.4. The van der Waals surface area contributed by atoms with Crippen LogP contribution in [0.4, 0.5) is 0 Å². The van der Waals surface area contributed by atoms with Gasteiger partial charge in [-0.2, -0.15) is 0 Å². The van der Waals surface area contributed by atoms with Crippen LogP contribution in [0.5, 0.6) is 0 Å². The standard InChI is InChI=1S/C11H20O2/c1-9(2)8-10(3)11(13)6-4-5-7-12/h4-5,7,9-11,13H,6,8H2,1-3H3/b5-4+. The van der Waals surface area contributed by atoms with Crippen molar-refractivity contribution in [2.75, 3.05) is 0 Å². The van der Waals surface area contributed by atoms with Crippen LogP contribution in [-0.2, 0) is 4.79 Å². The quantitative estimate of drug-likeness (QED) is 0.507. The van der Waals surface area contributed by atoms with Crippen LogP contribution in [0, 0.1) is 11.8 Å². The second-order valence-electron chi connectivity index (χ2n) is 3.97. The first-order chi connectivity index (χ1) is 6.07. The molecule has 0 aromatic heterocycles. The summed E-state index contributed by atoms with van der Waals surface area (Å²) in [5, 5.41) is 9.63. The number of rotatable bonds is 6. The minimum atomic E-state index is -0.321. The number of hydrogen-bond donors (Lipinski definition) is 1. The predicted molar refractivity (Wildman–Crippen MR) is 54.4 cm³/mol.